The molecule has 1 aliphatic rings. The Bertz CT molecular complexity index is 444. The lowest BCUT2D eigenvalue weighted by Crippen LogP contribution is -2.43. The van der Waals surface area contributed by atoms with Gasteiger partial charge in [0.05, 0.1) is 12.5 Å². The maximum Gasteiger partial charge on any atom is 0.322 e. The van der Waals surface area contributed by atoms with Gasteiger partial charge in [-0.15, -0.1) is 11.8 Å². The lowest BCUT2D eigenvalue weighted by Gasteiger charge is -2.20. The Morgan fingerprint density at radius 3 is 2.44 bits per heavy atom. The lowest BCUT2D eigenvalue weighted by atomic mass is 10.0. The number of nitrogens with one attached hydrogen (secondary N) is 1. The van der Waals surface area contributed by atoms with Gasteiger partial charge in [-0.05, 0) is 31.5 Å². The zero-order valence-corrected chi connectivity index (χ0v) is 11.5. The van der Waals surface area contributed by atoms with Crippen molar-refractivity contribution in [2.24, 2.45) is 0 Å². The smallest absolute Gasteiger partial charge is 0.322 e. The molecule has 98 valence electrons. The zero-order valence-electron chi connectivity index (χ0n) is 10.6. The lowest BCUT2D eigenvalue weighted by molar-refractivity contribution is -0.139. The molecule has 1 heterocycles. The quantitative estimate of drug-likeness (QED) is 0.879. The predicted octanol–water partition coefficient (Wildman–Crippen LogP) is 2.26. The first kappa shape index (κ1) is 13.2. The van der Waals surface area contributed by atoms with Crippen molar-refractivity contribution in [3.8, 4) is 5.75 Å². The van der Waals surface area contributed by atoms with Crippen LogP contribution in [0.5, 0.6) is 5.75 Å². The van der Waals surface area contributed by atoms with E-state index in [2.05, 4.69) is 5.32 Å². The van der Waals surface area contributed by atoms with Crippen molar-refractivity contribution in [2.75, 3.05) is 7.11 Å². The minimum atomic E-state index is -0.802. The molecule has 0 amide bonds. The Morgan fingerprint density at radius 2 is 2.00 bits per heavy atom. The number of ether oxygens (including phenoxy) is 1. The van der Waals surface area contributed by atoms with Gasteiger partial charge in [0, 0.05) is 4.75 Å². The van der Waals surface area contributed by atoms with Crippen LogP contribution < -0.4 is 10.1 Å². The molecule has 5 heteroatoms. The van der Waals surface area contributed by atoms with E-state index >= 15 is 0 Å². The fraction of sp³-hybridized carbons (Fsp3) is 0.462. The summed E-state index contributed by atoms with van der Waals surface area (Å²) in [5.74, 6) is -0.000645. The molecule has 0 saturated carbocycles. The predicted molar refractivity (Wildman–Crippen MR) is 72.0 cm³/mol. The second-order valence-corrected chi connectivity index (χ2v) is 6.57. The van der Waals surface area contributed by atoms with Crippen LogP contribution >= 0.6 is 11.8 Å². The molecule has 4 nitrogen and oxygen atoms in total. The molecule has 0 aliphatic carbocycles. The van der Waals surface area contributed by atoms with Crippen molar-refractivity contribution >= 4 is 17.7 Å². The molecule has 1 aliphatic heterocycles. The Kier molecular flexibility index (Phi) is 3.54. The number of carboxylic acids is 1. The molecule has 1 fully saturated rings. The number of hydrogen-bond acceptors (Lipinski definition) is 4. The number of carboxylic acid groups (broad SMARTS) is 1. The first-order valence-electron chi connectivity index (χ1n) is 5.74. The summed E-state index contributed by atoms with van der Waals surface area (Å²) in [7, 11) is 1.63. The van der Waals surface area contributed by atoms with Gasteiger partial charge in [-0.25, -0.2) is 0 Å². The molecule has 0 bridgehead atoms. The molecule has 2 rings (SSSR count). The van der Waals surface area contributed by atoms with Gasteiger partial charge in [0.1, 0.15) is 11.8 Å². The molecule has 2 N–H and O–H groups in total. The van der Waals surface area contributed by atoms with Gasteiger partial charge in [-0.2, -0.15) is 0 Å². The van der Waals surface area contributed by atoms with Crippen molar-refractivity contribution in [3.05, 3.63) is 29.8 Å². The second kappa shape index (κ2) is 4.82. The van der Waals surface area contributed by atoms with Crippen molar-refractivity contribution in [2.45, 2.75) is 30.0 Å². The van der Waals surface area contributed by atoms with E-state index in [4.69, 9.17) is 4.74 Å². The SMILES string of the molecule is COc1ccc(C2N[C@@H](C(=O)O)C(C)(C)S2)cc1. The number of carbonyl (C=O) groups is 1. The Labute approximate surface area is 111 Å². The van der Waals surface area contributed by atoms with Crippen LogP contribution in [0.4, 0.5) is 0 Å². The van der Waals surface area contributed by atoms with Gasteiger partial charge in [-0.1, -0.05) is 12.1 Å². The average molecular weight is 267 g/mol. The van der Waals surface area contributed by atoms with E-state index in [-0.39, 0.29) is 10.1 Å². The van der Waals surface area contributed by atoms with Crippen LogP contribution in [0.25, 0.3) is 0 Å². The number of aliphatic carboxylic acids is 1. The highest BCUT2D eigenvalue weighted by Crippen LogP contribution is 2.45. The zero-order chi connectivity index (χ0) is 13.3. The van der Waals surface area contributed by atoms with Crippen LogP contribution in [0.1, 0.15) is 24.8 Å². The first-order chi connectivity index (χ1) is 8.44. The van der Waals surface area contributed by atoms with Gasteiger partial charge in [0.2, 0.25) is 0 Å². The molecular formula is C13H17NO3S. The maximum absolute atomic E-state index is 11.2. The summed E-state index contributed by atoms with van der Waals surface area (Å²) in [6.45, 7) is 3.90. The second-order valence-electron chi connectivity index (χ2n) is 4.81. The van der Waals surface area contributed by atoms with Crippen LogP contribution in [0.2, 0.25) is 0 Å². The van der Waals surface area contributed by atoms with Gasteiger partial charge >= 0.3 is 5.97 Å². The third-order valence-corrected chi connectivity index (χ3v) is 4.59. The molecule has 0 aromatic heterocycles. The van der Waals surface area contributed by atoms with E-state index in [9.17, 15) is 9.90 Å². The molecule has 0 spiro atoms. The Morgan fingerprint density at radius 1 is 1.39 bits per heavy atom. The number of thioether (sulfide) groups is 1. The van der Waals surface area contributed by atoms with Crippen LogP contribution in [-0.4, -0.2) is 29.0 Å². The van der Waals surface area contributed by atoms with Crippen LogP contribution in [-0.2, 0) is 4.79 Å². The summed E-state index contributed by atoms with van der Waals surface area (Å²) in [4.78, 5) is 11.2. The first-order valence-corrected chi connectivity index (χ1v) is 6.62. The van der Waals surface area contributed by atoms with Crippen LogP contribution in [0.15, 0.2) is 24.3 Å². The third-order valence-electron chi connectivity index (χ3n) is 3.10. The molecular weight excluding hydrogens is 250 g/mol. The maximum atomic E-state index is 11.2. The standard InChI is InChI=1S/C13H17NO3S/c1-13(2)10(12(15)16)14-11(18-13)8-4-6-9(17-3)7-5-8/h4-7,10-11,14H,1-3H3,(H,15,16)/t10-,11?/m0/s1. The van der Waals surface area contributed by atoms with Gasteiger partial charge in [0.15, 0.2) is 0 Å². The Balaban J connectivity index is 2.18. The molecule has 0 radical (unpaired) electrons. The summed E-state index contributed by atoms with van der Waals surface area (Å²) in [6, 6.07) is 7.17. The minimum Gasteiger partial charge on any atom is -0.497 e. The Hall–Kier alpha value is -1.20. The number of hydrogen-bond donors (Lipinski definition) is 2. The van der Waals surface area contributed by atoms with Gasteiger partial charge < -0.3 is 9.84 Å². The minimum absolute atomic E-state index is 0.00649. The highest BCUT2D eigenvalue weighted by molar-refractivity contribution is 8.01. The molecule has 2 atom stereocenters. The summed E-state index contributed by atoms with van der Waals surface area (Å²) < 4.78 is 4.79. The molecule has 1 aromatic rings. The molecule has 1 saturated heterocycles. The van der Waals surface area contributed by atoms with E-state index in [1.165, 1.54) is 0 Å². The van der Waals surface area contributed by atoms with Crippen molar-refractivity contribution in [3.63, 3.8) is 0 Å². The number of rotatable bonds is 3. The van der Waals surface area contributed by atoms with Crippen molar-refractivity contribution < 1.29 is 14.6 Å². The molecule has 1 unspecified atom stereocenters. The highest BCUT2D eigenvalue weighted by atomic mass is 32.2. The summed E-state index contributed by atoms with van der Waals surface area (Å²) in [5, 5.41) is 12.4. The van der Waals surface area contributed by atoms with Crippen molar-refractivity contribution in [1.82, 2.24) is 5.32 Å². The summed E-state index contributed by atoms with van der Waals surface area (Å²) >= 11 is 1.64. The van der Waals surface area contributed by atoms with E-state index in [0.29, 0.717) is 0 Å². The third kappa shape index (κ3) is 2.47. The van der Waals surface area contributed by atoms with E-state index in [1.54, 1.807) is 18.9 Å². The van der Waals surface area contributed by atoms with Gasteiger partial charge in [0.25, 0.3) is 0 Å². The van der Waals surface area contributed by atoms with E-state index < -0.39 is 12.0 Å². The normalized spacial score (nSPS) is 25.9. The monoisotopic (exact) mass is 267 g/mol. The fourth-order valence-corrected chi connectivity index (χ4v) is 3.48. The van der Waals surface area contributed by atoms with E-state index in [1.807, 2.05) is 38.1 Å². The topological polar surface area (TPSA) is 58.6 Å². The fourth-order valence-electron chi connectivity index (χ4n) is 2.07. The van der Waals surface area contributed by atoms with Crippen LogP contribution in [0.3, 0.4) is 0 Å². The van der Waals surface area contributed by atoms with E-state index in [0.717, 1.165) is 11.3 Å². The molecule has 1 aromatic carbocycles. The number of benzene rings is 1. The largest absolute Gasteiger partial charge is 0.497 e. The number of methoxy groups -OCH3 is 1. The average Bonchev–Trinajstić information content (AvgIpc) is 2.65. The van der Waals surface area contributed by atoms with Crippen molar-refractivity contribution in [1.29, 1.82) is 0 Å². The summed E-state index contributed by atoms with van der Waals surface area (Å²) in [6.07, 6.45) is 0. The van der Waals surface area contributed by atoms with Crippen LogP contribution in [0, 0.1) is 0 Å². The molecule has 18 heavy (non-hydrogen) atoms. The summed E-state index contributed by atoms with van der Waals surface area (Å²) in [5.41, 5.74) is 1.07. The van der Waals surface area contributed by atoms with Gasteiger partial charge in [-0.3, -0.25) is 10.1 Å². The highest BCUT2D eigenvalue weighted by Gasteiger charge is 2.45.